The molecule has 2 aliphatic rings. The van der Waals surface area contributed by atoms with Gasteiger partial charge in [-0.2, -0.15) is 0 Å². The molecule has 21 heavy (non-hydrogen) atoms. The molecule has 0 spiro atoms. The number of hydrogen-bond acceptors (Lipinski definition) is 4. The summed E-state index contributed by atoms with van der Waals surface area (Å²) >= 11 is 0. The maximum Gasteiger partial charge on any atom is 0.161 e. The van der Waals surface area contributed by atoms with Crippen molar-refractivity contribution in [3.05, 3.63) is 23.8 Å². The summed E-state index contributed by atoms with van der Waals surface area (Å²) in [5.41, 5.74) is 7.35. The van der Waals surface area contributed by atoms with Crippen LogP contribution in [0.1, 0.15) is 44.2 Å². The molecule has 0 aromatic heterocycles. The zero-order chi connectivity index (χ0) is 14.7. The van der Waals surface area contributed by atoms with Gasteiger partial charge in [0.05, 0.1) is 13.2 Å². The molecule has 1 aromatic carbocycles. The highest BCUT2D eigenvalue weighted by Crippen LogP contribution is 2.36. The number of nitrogens with two attached hydrogens (primary N) is 1. The van der Waals surface area contributed by atoms with Gasteiger partial charge >= 0.3 is 0 Å². The fourth-order valence-corrected chi connectivity index (χ4v) is 3.56. The third-order valence-corrected chi connectivity index (χ3v) is 4.67. The van der Waals surface area contributed by atoms with Crippen molar-refractivity contribution in [1.82, 2.24) is 4.90 Å². The molecule has 1 saturated heterocycles. The van der Waals surface area contributed by atoms with Gasteiger partial charge in [-0.25, -0.2) is 0 Å². The first-order chi connectivity index (χ1) is 10.3. The Morgan fingerprint density at radius 3 is 2.81 bits per heavy atom. The van der Waals surface area contributed by atoms with Crippen LogP contribution >= 0.6 is 0 Å². The highest BCUT2D eigenvalue weighted by molar-refractivity contribution is 5.44. The van der Waals surface area contributed by atoms with Crippen molar-refractivity contribution in [2.75, 3.05) is 26.3 Å². The molecular formula is C17H26N2O2. The van der Waals surface area contributed by atoms with Crippen LogP contribution in [0.4, 0.5) is 0 Å². The van der Waals surface area contributed by atoms with E-state index in [1.807, 2.05) is 6.07 Å². The molecule has 4 nitrogen and oxygen atoms in total. The van der Waals surface area contributed by atoms with Crippen molar-refractivity contribution < 1.29 is 9.47 Å². The van der Waals surface area contributed by atoms with E-state index in [9.17, 15) is 0 Å². The average Bonchev–Trinajstić information content (AvgIpc) is 2.85. The topological polar surface area (TPSA) is 47.7 Å². The minimum Gasteiger partial charge on any atom is -0.490 e. The highest BCUT2D eigenvalue weighted by Gasteiger charge is 2.30. The van der Waals surface area contributed by atoms with Gasteiger partial charge in [-0.3, -0.25) is 4.90 Å². The zero-order valence-corrected chi connectivity index (χ0v) is 12.9. The average molecular weight is 290 g/mol. The monoisotopic (exact) mass is 290 g/mol. The molecule has 1 fully saturated rings. The van der Waals surface area contributed by atoms with E-state index >= 15 is 0 Å². The van der Waals surface area contributed by atoms with Crippen LogP contribution in [0.2, 0.25) is 0 Å². The zero-order valence-electron chi connectivity index (χ0n) is 12.9. The predicted molar refractivity (Wildman–Crippen MR) is 83.9 cm³/mol. The van der Waals surface area contributed by atoms with E-state index in [1.165, 1.54) is 24.8 Å². The first kappa shape index (κ1) is 14.7. The van der Waals surface area contributed by atoms with Gasteiger partial charge in [0.15, 0.2) is 11.5 Å². The molecule has 3 rings (SSSR count). The van der Waals surface area contributed by atoms with Crippen LogP contribution in [0.5, 0.6) is 11.5 Å². The third kappa shape index (κ3) is 3.01. The molecule has 0 amide bonds. The summed E-state index contributed by atoms with van der Waals surface area (Å²) in [7, 11) is 0. The standard InChI is InChI=1S/C17H26N2O2/c1-2-14-5-3-8-19(14)15(12-18)13-6-7-16-17(11-13)21-10-4-9-20-16/h6-7,11,14-15H,2-5,8-10,12,18H2,1H3. The second-order valence-electron chi connectivity index (χ2n) is 5.95. The molecule has 0 saturated carbocycles. The summed E-state index contributed by atoms with van der Waals surface area (Å²) in [5, 5.41) is 0. The summed E-state index contributed by atoms with van der Waals surface area (Å²) in [5.74, 6) is 1.73. The number of benzene rings is 1. The van der Waals surface area contributed by atoms with Crippen molar-refractivity contribution in [2.24, 2.45) is 5.73 Å². The Kier molecular flexibility index (Phi) is 4.66. The van der Waals surface area contributed by atoms with Crippen molar-refractivity contribution in [3.63, 3.8) is 0 Å². The van der Waals surface area contributed by atoms with Crippen molar-refractivity contribution in [3.8, 4) is 11.5 Å². The first-order valence-electron chi connectivity index (χ1n) is 8.19. The maximum absolute atomic E-state index is 6.09. The Balaban J connectivity index is 1.85. The van der Waals surface area contributed by atoms with Gasteiger partial charge in [0, 0.05) is 25.0 Å². The molecule has 0 radical (unpaired) electrons. The van der Waals surface area contributed by atoms with E-state index in [-0.39, 0.29) is 6.04 Å². The SMILES string of the molecule is CCC1CCCN1C(CN)c1ccc2c(c1)OCCCO2. The molecule has 2 aliphatic heterocycles. The lowest BCUT2D eigenvalue weighted by Crippen LogP contribution is -2.37. The third-order valence-electron chi connectivity index (χ3n) is 4.67. The second kappa shape index (κ2) is 6.67. The smallest absolute Gasteiger partial charge is 0.161 e. The van der Waals surface area contributed by atoms with Gasteiger partial charge in [0.25, 0.3) is 0 Å². The minimum absolute atomic E-state index is 0.287. The summed E-state index contributed by atoms with van der Waals surface area (Å²) in [6.45, 7) is 5.53. The van der Waals surface area contributed by atoms with E-state index in [2.05, 4.69) is 24.0 Å². The Hall–Kier alpha value is -1.26. The lowest BCUT2D eigenvalue weighted by molar-refractivity contribution is 0.180. The second-order valence-corrected chi connectivity index (χ2v) is 5.95. The summed E-state index contributed by atoms with van der Waals surface area (Å²) in [4.78, 5) is 2.57. The molecule has 2 unspecified atom stereocenters. The van der Waals surface area contributed by atoms with Gasteiger partial charge in [0.2, 0.25) is 0 Å². The molecule has 4 heteroatoms. The first-order valence-corrected chi connectivity index (χ1v) is 8.19. The van der Waals surface area contributed by atoms with Crippen LogP contribution in [0, 0.1) is 0 Å². The summed E-state index contributed by atoms with van der Waals surface area (Å²) < 4.78 is 11.5. The number of fused-ring (bicyclic) bond motifs is 1. The predicted octanol–water partition coefficient (Wildman–Crippen LogP) is 2.72. The minimum atomic E-state index is 0.287. The quantitative estimate of drug-likeness (QED) is 0.926. The Morgan fingerprint density at radius 1 is 1.24 bits per heavy atom. The molecule has 1 aromatic rings. The van der Waals surface area contributed by atoms with Crippen LogP contribution in [-0.4, -0.2) is 37.2 Å². The van der Waals surface area contributed by atoms with Gasteiger partial charge in [-0.05, 0) is 43.5 Å². The fourth-order valence-electron chi connectivity index (χ4n) is 3.56. The van der Waals surface area contributed by atoms with Crippen molar-refractivity contribution in [1.29, 1.82) is 0 Å². The number of hydrogen-bond donors (Lipinski definition) is 1. The largest absolute Gasteiger partial charge is 0.490 e. The maximum atomic E-state index is 6.09. The molecular weight excluding hydrogens is 264 g/mol. The molecule has 2 heterocycles. The van der Waals surface area contributed by atoms with E-state index in [0.717, 1.165) is 37.7 Å². The number of nitrogens with zero attached hydrogens (tertiary/aromatic N) is 1. The van der Waals surface area contributed by atoms with Gasteiger partial charge in [-0.15, -0.1) is 0 Å². The Morgan fingerprint density at radius 2 is 2.05 bits per heavy atom. The number of rotatable bonds is 4. The van der Waals surface area contributed by atoms with Crippen molar-refractivity contribution in [2.45, 2.75) is 44.7 Å². The number of ether oxygens (including phenoxy) is 2. The molecule has 116 valence electrons. The van der Waals surface area contributed by atoms with E-state index < -0.39 is 0 Å². The van der Waals surface area contributed by atoms with Crippen LogP contribution < -0.4 is 15.2 Å². The van der Waals surface area contributed by atoms with Crippen LogP contribution in [-0.2, 0) is 0 Å². The Bertz CT molecular complexity index is 478. The summed E-state index contributed by atoms with van der Waals surface area (Å²) in [6.07, 6.45) is 4.70. The van der Waals surface area contributed by atoms with Crippen LogP contribution in [0.15, 0.2) is 18.2 Å². The van der Waals surface area contributed by atoms with E-state index in [1.54, 1.807) is 0 Å². The molecule has 0 aliphatic carbocycles. The van der Waals surface area contributed by atoms with Gasteiger partial charge < -0.3 is 15.2 Å². The van der Waals surface area contributed by atoms with Crippen LogP contribution in [0.25, 0.3) is 0 Å². The van der Waals surface area contributed by atoms with Gasteiger partial charge in [0.1, 0.15) is 0 Å². The number of likely N-dealkylation sites (tertiary alicyclic amines) is 1. The molecule has 2 N–H and O–H groups in total. The van der Waals surface area contributed by atoms with E-state index in [0.29, 0.717) is 12.6 Å². The van der Waals surface area contributed by atoms with Crippen LogP contribution in [0.3, 0.4) is 0 Å². The van der Waals surface area contributed by atoms with E-state index in [4.69, 9.17) is 15.2 Å². The lowest BCUT2D eigenvalue weighted by atomic mass is 10.0. The normalized spacial score (nSPS) is 23.8. The van der Waals surface area contributed by atoms with Gasteiger partial charge in [-0.1, -0.05) is 13.0 Å². The summed E-state index contributed by atoms with van der Waals surface area (Å²) in [6, 6.07) is 7.26. The lowest BCUT2D eigenvalue weighted by Gasteiger charge is -2.32. The highest BCUT2D eigenvalue weighted by atomic mass is 16.5. The molecule has 2 atom stereocenters. The Labute approximate surface area is 127 Å². The van der Waals surface area contributed by atoms with Crippen molar-refractivity contribution >= 4 is 0 Å². The molecule has 0 bridgehead atoms. The fraction of sp³-hybridized carbons (Fsp3) is 0.647.